The minimum Gasteiger partial charge on any atom is -0.493 e. The van der Waals surface area contributed by atoms with E-state index >= 15 is 0 Å². The molecule has 1 heterocycles. The van der Waals surface area contributed by atoms with Crippen molar-refractivity contribution in [3.8, 4) is 5.75 Å². The number of nitrogens with zero attached hydrogens (tertiary/aromatic N) is 2. The number of hydrogen-bond donors (Lipinski definition) is 1. The van der Waals surface area contributed by atoms with Gasteiger partial charge in [0.1, 0.15) is 5.75 Å². The van der Waals surface area contributed by atoms with Crippen molar-refractivity contribution in [3.05, 3.63) is 59.7 Å². The number of ether oxygens (including phenoxy) is 1. The molecule has 6 heteroatoms. The van der Waals surface area contributed by atoms with Gasteiger partial charge in [-0.1, -0.05) is 24.3 Å². The smallest absolute Gasteiger partial charge is 0.250 e. The van der Waals surface area contributed by atoms with Crippen molar-refractivity contribution >= 4 is 17.9 Å². The number of amides is 1. The van der Waals surface area contributed by atoms with Crippen molar-refractivity contribution in [1.82, 2.24) is 4.90 Å². The Kier molecular flexibility index (Phi) is 7.03. The molecule has 1 saturated heterocycles. The van der Waals surface area contributed by atoms with E-state index in [4.69, 9.17) is 10.5 Å². The molecule has 1 amide bonds. The lowest BCUT2D eigenvalue weighted by Gasteiger charge is -2.36. The number of carbonyl (C=O) groups is 2. The molecule has 0 atom stereocenters. The third-order valence-electron chi connectivity index (χ3n) is 5.05. The molecule has 148 valence electrons. The number of carbonyl (C=O) groups excluding carboxylic acids is 2. The van der Waals surface area contributed by atoms with E-state index in [1.807, 2.05) is 36.4 Å². The van der Waals surface area contributed by atoms with E-state index in [2.05, 4.69) is 9.80 Å². The number of nitrogens with two attached hydrogens (primary N) is 1. The number of benzene rings is 2. The summed E-state index contributed by atoms with van der Waals surface area (Å²) >= 11 is 0. The number of anilines is 1. The summed E-state index contributed by atoms with van der Waals surface area (Å²) in [7, 11) is 0. The van der Waals surface area contributed by atoms with Crippen molar-refractivity contribution in [2.45, 2.75) is 12.8 Å². The lowest BCUT2D eigenvalue weighted by atomic mass is 10.1. The summed E-state index contributed by atoms with van der Waals surface area (Å²) in [5, 5.41) is 0. The first-order chi connectivity index (χ1) is 13.7. The molecule has 28 heavy (non-hydrogen) atoms. The summed E-state index contributed by atoms with van der Waals surface area (Å²) in [6, 6.07) is 14.8. The quantitative estimate of drug-likeness (QED) is 0.534. The van der Waals surface area contributed by atoms with Crippen LogP contribution in [0.5, 0.6) is 5.75 Å². The fraction of sp³-hybridized carbons (Fsp3) is 0.364. The summed E-state index contributed by atoms with van der Waals surface area (Å²) in [5.74, 6) is 0.272. The average molecular weight is 381 g/mol. The van der Waals surface area contributed by atoms with Gasteiger partial charge in [0, 0.05) is 31.9 Å². The summed E-state index contributed by atoms with van der Waals surface area (Å²) in [6.07, 6.45) is 2.81. The fourth-order valence-electron chi connectivity index (χ4n) is 3.50. The Morgan fingerprint density at radius 1 is 1.00 bits per heavy atom. The van der Waals surface area contributed by atoms with Gasteiger partial charge in [-0.05, 0) is 43.7 Å². The van der Waals surface area contributed by atoms with E-state index in [-0.39, 0.29) is 5.91 Å². The second kappa shape index (κ2) is 9.90. The van der Waals surface area contributed by atoms with E-state index < -0.39 is 0 Å². The first-order valence-electron chi connectivity index (χ1n) is 9.72. The van der Waals surface area contributed by atoms with E-state index in [9.17, 15) is 9.59 Å². The predicted molar refractivity (Wildman–Crippen MR) is 110 cm³/mol. The molecule has 2 N–H and O–H groups in total. The topological polar surface area (TPSA) is 75.9 Å². The molecule has 0 unspecified atom stereocenters. The molecule has 3 rings (SSSR count). The molecule has 1 fully saturated rings. The van der Waals surface area contributed by atoms with Gasteiger partial charge in [-0.15, -0.1) is 0 Å². The number of piperazine rings is 1. The monoisotopic (exact) mass is 381 g/mol. The van der Waals surface area contributed by atoms with Gasteiger partial charge >= 0.3 is 0 Å². The highest BCUT2D eigenvalue weighted by atomic mass is 16.5. The molecular weight excluding hydrogens is 354 g/mol. The molecule has 1 aliphatic rings. The second-order valence-electron chi connectivity index (χ2n) is 6.92. The van der Waals surface area contributed by atoms with Crippen LogP contribution in [0.4, 0.5) is 5.69 Å². The van der Waals surface area contributed by atoms with Crippen molar-refractivity contribution in [2.75, 3.05) is 44.2 Å². The van der Waals surface area contributed by atoms with E-state index in [1.54, 1.807) is 12.1 Å². The molecule has 0 bridgehead atoms. The van der Waals surface area contributed by atoms with Crippen molar-refractivity contribution < 1.29 is 14.3 Å². The van der Waals surface area contributed by atoms with Crippen LogP contribution in [-0.4, -0.2) is 56.4 Å². The molecule has 0 spiro atoms. The van der Waals surface area contributed by atoms with Gasteiger partial charge in [0.25, 0.3) is 5.91 Å². The maximum absolute atomic E-state index is 11.6. The van der Waals surface area contributed by atoms with Gasteiger partial charge in [0.2, 0.25) is 0 Å². The summed E-state index contributed by atoms with van der Waals surface area (Å²) < 4.78 is 5.73. The van der Waals surface area contributed by atoms with Crippen LogP contribution in [0, 0.1) is 0 Å². The normalized spacial score (nSPS) is 14.6. The van der Waals surface area contributed by atoms with Gasteiger partial charge in [-0.2, -0.15) is 0 Å². The number of unbranched alkanes of at least 4 members (excludes halogenated alkanes) is 1. The van der Waals surface area contributed by atoms with Crippen LogP contribution >= 0.6 is 0 Å². The number of hydrogen-bond acceptors (Lipinski definition) is 5. The number of aldehydes is 1. The molecular formula is C22H27N3O3. The van der Waals surface area contributed by atoms with Gasteiger partial charge in [0.15, 0.2) is 6.29 Å². The van der Waals surface area contributed by atoms with E-state index in [0.29, 0.717) is 23.5 Å². The third kappa shape index (κ3) is 5.10. The van der Waals surface area contributed by atoms with Crippen molar-refractivity contribution in [1.29, 1.82) is 0 Å². The Hall–Kier alpha value is -2.86. The summed E-state index contributed by atoms with van der Waals surface area (Å²) in [6.45, 7) is 5.31. The lowest BCUT2D eigenvalue weighted by molar-refractivity contribution is 0.1000. The van der Waals surface area contributed by atoms with Crippen LogP contribution < -0.4 is 15.4 Å². The van der Waals surface area contributed by atoms with Crippen LogP contribution in [-0.2, 0) is 0 Å². The molecule has 0 aromatic heterocycles. The Morgan fingerprint density at radius 2 is 1.71 bits per heavy atom. The highest BCUT2D eigenvalue weighted by Gasteiger charge is 2.20. The van der Waals surface area contributed by atoms with Crippen LogP contribution in [0.15, 0.2) is 48.5 Å². The first-order valence-corrected chi connectivity index (χ1v) is 9.72. The Labute approximate surface area is 165 Å². The predicted octanol–water partition coefficient (Wildman–Crippen LogP) is 2.58. The molecule has 2 aromatic carbocycles. The lowest BCUT2D eigenvalue weighted by Crippen LogP contribution is -2.47. The van der Waals surface area contributed by atoms with E-state index in [1.165, 1.54) is 0 Å². The van der Waals surface area contributed by atoms with Crippen LogP contribution in [0.2, 0.25) is 0 Å². The van der Waals surface area contributed by atoms with Gasteiger partial charge in [-0.3, -0.25) is 14.5 Å². The van der Waals surface area contributed by atoms with Gasteiger partial charge in [-0.25, -0.2) is 0 Å². The molecule has 6 nitrogen and oxygen atoms in total. The highest BCUT2D eigenvalue weighted by molar-refractivity contribution is 5.98. The number of primary amides is 1. The SMILES string of the molecule is NC(=O)c1ccccc1N1CCN(CCCCOc2ccccc2C=O)CC1. The highest BCUT2D eigenvalue weighted by Crippen LogP contribution is 2.21. The maximum Gasteiger partial charge on any atom is 0.250 e. The van der Waals surface area contributed by atoms with Gasteiger partial charge < -0.3 is 15.4 Å². The largest absolute Gasteiger partial charge is 0.493 e. The molecule has 2 aromatic rings. The minimum atomic E-state index is -0.380. The van der Waals surface area contributed by atoms with Crippen LogP contribution in [0.1, 0.15) is 33.6 Å². The van der Waals surface area contributed by atoms with Crippen LogP contribution in [0.25, 0.3) is 0 Å². The fourth-order valence-corrected chi connectivity index (χ4v) is 3.50. The molecule has 0 radical (unpaired) electrons. The minimum absolute atomic E-state index is 0.380. The zero-order chi connectivity index (χ0) is 19.8. The number of para-hydroxylation sites is 2. The Morgan fingerprint density at radius 3 is 2.46 bits per heavy atom. The van der Waals surface area contributed by atoms with Crippen molar-refractivity contribution in [2.24, 2.45) is 5.73 Å². The molecule has 0 aliphatic carbocycles. The maximum atomic E-state index is 11.6. The third-order valence-corrected chi connectivity index (χ3v) is 5.05. The average Bonchev–Trinajstić information content (AvgIpc) is 2.74. The first kappa shape index (κ1) is 19.9. The van der Waals surface area contributed by atoms with Crippen molar-refractivity contribution in [3.63, 3.8) is 0 Å². The molecule has 1 aliphatic heterocycles. The Balaban J connectivity index is 1.38. The molecule has 0 saturated carbocycles. The zero-order valence-electron chi connectivity index (χ0n) is 16.0. The second-order valence-corrected chi connectivity index (χ2v) is 6.92. The Bertz CT molecular complexity index is 801. The summed E-state index contributed by atoms with van der Waals surface area (Å²) in [5.41, 5.74) is 7.60. The van der Waals surface area contributed by atoms with Gasteiger partial charge in [0.05, 0.1) is 17.7 Å². The number of rotatable bonds is 9. The summed E-state index contributed by atoms with van der Waals surface area (Å²) in [4.78, 5) is 27.3. The van der Waals surface area contributed by atoms with Crippen LogP contribution in [0.3, 0.4) is 0 Å². The van der Waals surface area contributed by atoms with E-state index in [0.717, 1.165) is 57.5 Å². The standard InChI is InChI=1S/C22H27N3O3/c23-22(27)19-8-2-3-9-20(19)25-14-12-24(13-15-25)11-5-6-16-28-21-10-4-1-7-18(21)17-26/h1-4,7-10,17H,5-6,11-16H2,(H2,23,27). The zero-order valence-corrected chi connectivity index (χ0v) is 16.0.